The summed E-state index contributed by atoms with van der Waals surface area (Å²) >= 11 is 0. The van der Waals surface area contributed by atoms with E-state index in [0.29, 0.717) is 43.6 Å². The molecule has 0 aliphatic carbocycles. The zero-order chi connectivity index (χ0) is 24.5. The Hall–Kier alpha value is -2.71. The van der Waals surface area contributed by atoms with Gasteiger partial charge in [0.15, 0.2) is 0 Å². The molecule has 0 saturated carbocycles. The van der Waals surface area contributed by atoms with Gasteiger partial charge in [-0.1, -0.05) is 37.3 Å². The van der Waals surface area contributed by atoms with Crippen molar-refractivity contribution in [1.82, 2.24) is 14.5 Å². The number of ether oxygens (including phenoxy) is 1. The Morgan fingerprint density at radius 2 is 1.77 bits per heavy atom. The first-order valence-corrected chi connectivity index (χ1v) is 12.8. The van der Waals surface area contributed by atoms with Gasteiger partial charge in [0.1, 0.15) is 5.82 Å². The molecule has 1 aromatic heterocycles. The van der Waals surface area contributed by atoms with Gasteiger partial charge in [-0.2, -0.15) is 0 Å². The summed E-state index contributed by atoms with van der Waals surface area (Å²) in [6.45, 7) is 6.73. The molecule has 3 fully saturated rings. The molecule has 3 aliphatic rings. The quantitative estimate of drug-likeness (QED) is 0.683. The van der Waals surface area contributed by atoms with Crippen LogP contribution >= 0.6 is 0 Å². The first-order chi connectivity index (χ1) is 16.8. The van der Waals surface area contributed by atoms with Crippen LogP contribution in [0.2, 0.25) is 0 Å². The van der Waals surface area contributed by atoms with Crippen LogP contribution in [-0.4, -0.2) is 70.5 Å². The maximum absolute atomic E-state index is 12.8. The molecular weight excluding hydrogens is 444 g/mol. The summed E-state index contributed by atoms with van der Waals surface area (Å²) in [7, 11) is 0. The summed E-state index contributed by atoms with van der Waals surface area (Å²) < 4.78 is 6.90. The van der Waals surface area contributed by atoms with Crippen LogP contribution in [0, 0.1) is 5.41 Å². The minimum absolute atomic E-state index is 0.114. The highest BCUT2D eigenvalue weighted by molar-refractivity contribution is 5.77. The van der Waals surface area contributed by atoms with E-state index in [1.165, 1.54) is 4.57 Å². The van der Waals surface area contributed by atoms with Crippen molar-refractivity contribution in [2.45, 2.75) is 57.1 Å². The molecule has 4 heterocycles. The lowest BCUT2D eigenvalue weighted by atomic mass is 9.77. The molecule has 0 bridgehead atoms. The molecule has 1 spiro atoms. The largest absolute Gasteiger partial charge is 0.388 e. The Morgan fingerprint density at radius 1 is 1.09 bits per heavy atom. The number of hydrogen-bond acceptors (Lipinski definition) is 6. The topological polar surface area (TPSA) is 87.9 Å². The van der Waals surface area contributed by atoms with Crippen molar-refractivity contribution >= 4 is 11.7 Å². The van der Waals surface area contributed by atoms with E-state index in [1.807, 2.05) is 23.1 Å². The number of carbonyl (C=O) groups excluding carboxylic acids is 1. The number of hydrogen-bond donors (Lipinski definition) is 1. The zero-order valence-electron chi connectivity index (χ0n) is 20.6. The second kappa shape index (κ2) is 9.74. The maximum atomic E-state index is 12.8. The Labute approximate surface area is 206 Å². The molecule has 5 rings (SSSR count). The van der Waals surface area contributed by atoms with Gasteiger partial charge < -0.3 is 19.6 Å². The SMILES string of the molecule is CC(CC(=O)N1CCC(O)(Cn2cnc(N3CCC4(CC3)COC4)cc2=O)CC1)c1ccccc1. The average Bonchev–Trinajstić information content (AvgIpc) is 2.85. The lowest BCUT2D eigenvalue weighted by Gasteiger charge is -2.47. The van der Waals surface area contributed by atoms with Crippen LogP contribution in [0.25, 0.3) is 0 Å². The van der Waals surface area contributed by atoms with E-state index in [-0.39, 0.29) is 23.9 Å². The summed E-state index contributed by atoms with van der Waals surface area (Å²) in [5, 5.41) is 11.2. The summed E-state index contributed by atoms with van der Waals surface area (Å²) in [4.78, 5) is 34.2. The van der Waals surface area contributed by atoms with Gasteiger partial charge in [0.05, 0.1) is 31.7 Å². The molecule has 1 aromatic carbocycles. The normalized spacial score (nSPS) is 22.0. The second-order valence-corrected chi connectivity index (χ2v) is 10.8. The number of nitrogens with zero attached hydrogens (tertiary/aromatic N) is 4. The molecule has 1 N–H and O–H groups in total. The molecule has 1 unspecified atom stereocenters. The van der Waals surface area contributed by atoms with Gasteiger partial charge in [0.2, 0.25) is 5.91 Å². The number of anilines is 1. The Morgan fingerprint density at radius 3 is 2.37 bits per heavy atom. The third-order valence-electron chi connectivity index (χ3n) is 8.19. The van der Waals surface area contributed by atoms with Crippen molar-refractivity contribution in [3.05, 3.63) is 58.6 Å². The Balaban J connectivity index is 1.14. The van der Waals surface area contributed by atoms with Gasteiger partial charge in [0.25, 0.3) is 5.56 Å². The molecule has 8 heteroatoms. The van der Waals surface area contributed by atoms with E-state index in [2.05, 4.69) is 28.9 Å². The van der Waals surface area contributed by atoms with Crippen LogP contribution in [0.4, 0.5) is 5.82 Å². The van der Waals surface area contributed by atoms with Gasteiger partial charge >= 0.3 is 0 Å². The van der Waals surface area contributed by atoms with Gasteiger partial charge in [-0.15, -0.1) is 0 Å². The molecular formula is C27H36N4O4. The fraction of sp³-hybridized carbons (Fsp3) is 0.593. The molecule has 8 nitrogen and oxygen atoms in total. The molecule has 2 aromatic rings. The van der Waals surface area contributed by atoms with Crippen LogP contribution in [0.15, 0.2) is 47.5 Å². The molecule has 35 heavy (non-hydrogen) atoms. The van der Waals surface area contributed by atoms with Gasteiger partial charge in [-0.05, 0) is 37.2 Å². The summed E-state index contributed by atoms with van der Waals surface area (Å²) in [5.74, 6) is 0.977. The van der Waals surface area contributed by atoms with Crippen LogP contribution < -0.4 is 10.5 Å². The number of rotatable bonds is 6. The van der Waals surface area contributed by atoms with Crippen LogP contribution in [0.3, 0.4) is 0 Å². The lowest BCUT2D eigenvalue weighted by Crippen LogP contribution is -2.51. The molecule has 0 radical (unpaired) electrons. The zero-order valence-corrected chi connectivity index (χ0v) is 20.6. The predicted molar refractivity (Wildman–Crippen MR) is 133 cm³/mol. The van der Waals surface area contributed by atoms with Crippen LogP contribution in [0.1, 0.15) is 50.5 Å². The third-order valence-corrected chi connectivity index (χ3v) is 8.19. The highest BCUT2D eigenvalue weighted by atomic mass is 16.5. The van der Waals surface area contributed by atoms with Crippen LogP contribution in [0.5, 0.6) is 0 Å². The van der Waals surface area contributed by atoms with Gasteiger partial charge in [-0.25, -0.2) is 4.98 Å². The predicted octanol–water partition coefficient (Wildman–Crippen LogP) is 2.41. The summed E-state index contributed by atoms with van der Waals surface area (Å²) in [6, 6.07) is 11.7. The van der Waals surface area contributed by atoms with Crippen molar-refractivity contribution < 1.29 is 14.6 Å². The van der Waals surface area contributed by atoms with E-state index >= 15 is 0 Å². The Kier molecular flexibility index (Phi) is 6.68. The third kappa shape index (κ3) is 5.28. The number of benzene rings is 1. The number of likely N-dealkylation sites (tertiary alicyclic amines) is 1. The fourth-order valence-electron chi connectivity index (χ4n) is 5.54. The van der Waals surface area contributed by atoms with Gasteiger partial charge in [0, 0.05) is 44.1 Å². The van der Waals surface area contributed by atoms with Crippen molar-refractivity contribution in [3.8, 4) is 0 Å². The molecule has 188 valence electrons. The van der Waals surface area contributed by atoms with Gasteiger partial charge in [-0.3, -0.25) is 14.2 Å². The van der Waals surface area contributed by atoms with E-state index in [9.17, 15) is 14.7 Å². The first kappa shape index (κ1) is 24.0. The number of carbonyl (C=O) groups is 1. The fourth-order valence-corrected chi connectivity index (χ4v) is 5.54. The number of aromatic nitrogens is 2. The number of amides is 1. The maximum Gasteiger partial charge on any atom is 0.255 e. The summed E-state index contributed by atoms with van der Waals surface area (Å²) in [5.41, 5.74) is 0.331. The lowest BCUT2D eigenvalue weighted by molar-refractivity contribution is -0.136. The van der Waals surface area contributed by atoms with E-state index in [1.54, 1.807) is 12.4 Å². The molecule has 3 saturated heterocycles. The van der Waals surface area contributed by atoms with E-state index in [4.69, 9.17) is 4.74 Å². The molecule has 1 amide bonds. The minimum atomic E-state index is -1.02. The van der Waals surface area contributed by atoms with Crippen LogP contribution in [-0.2, 0) is 16.1 Å². The second-order valence-electron chi connectivity index (χ2n) is 10.8. The highest BCUT2D eigenvalue weighted by Crippen LogP contribution is 2.39. The van der Waals surface area contributed by atoms with Crippen molar-refractivity contribution in [2.24, 2.45) is 5.41 Å². The van der Waals surface area contributed by atoms with Crippen molar-refractivity contribution in [1.29, 1.82) is 0 Å². The monoisotopic (exact) mass is 480 g/mol. The van der Waals surface area contributed by atoms with Crippen molar-refractivity contribution in [3.63, 3.8) is 0 Å². The minimum Gasteiger partial charge on any atom is -0.388 e. The molecule has 1 atom stereocenters. The smallest absolute Gasteiger partial charge is 0.255 e. The standard InChI is InChI=1S/C27H36N4O4/c1-21(22-5-3-2-4-6-22)15-24(32)30-13-9-27(34,10-14-30)17-31-20-28-23(16-25(31)33)29-11-7-26(8-12-29)18-35-19-26/h2-6,16,20-21,34H,7-15,17-19H2,1H3. The van der Waals surface area contributed by atoms with E-state index in [0.717, 1.165) is 44.7 Å². The molecule has 3 aliphatic heterocycles. The van der Waals surface area contributed by atoms with Crippen molar-refractivity contribution in [2.75, 3.05) is 44.3 Å². The average molecular weight is 481 g/mol. The highest BCUT2D eigenvalue weighted by Gasteiger charge is 2.41. The Bertz CT molecular complexity index is 1080. The summed E-state index contributed by atoms with van der Waals surface area (Å²) in [6.07, 6.45) is 5.04. The number of aliphatic hydroxyl groups is 1. The first-order valence-electron chi connectivity index (χ1n) is 12.8. The van der Waals surface area contributed by atoms with E-state index < -0.39 is 5.60 Å². The number of piperidine rings is 2.